The van der Waals surface area contributed by atoms with Gasteiger partial charge in [0.05, 0.1) is 5.75 Å². The van der Waals surface area contributed by atoms with Crippen LogP contribution >= 0.6 is 0 Å². The predicted octanol–water partition coefficient (Wildman–Crippen LogP) is 0.369. The zero-order chi connectivity index (χ0) is 13.9. The molecule has 0 aromatic heterocycles. The molecule has 6 heteroatoms. The van der Waals surface area contributed by atoms with Crippen LogP contribution in [0.25, 0.3) is 0 Å². The zero-order valence-corrected chi connectivity index (χ0v) is 12.8. The van der Waals surface area contributed by atoms with E-state index in [0.29, 0.717) is 6.54 Å². The maximum Gasteiger partial charge on any atom is 0.148 e. The minimum absolute atomic E-state index is 0.234. The summed E-state index contributed by atoms with van der Waals surface area (Å²) in [5, 5.41) is 3.34. The molecule has 0 aliphatic carbocycles. The molecule has 0 bridgehead atoms. The highest BCUT2D eigenvalue weighted by Gasteiger charge is 2.04. The maximum absolute atomic E-state index is 11.0. The number of unbranched alkanes of at least 4 members (excludes halogenated alkanes) is 1. The van der Waals surface area contributed by atoms with Crippen LogP contribution in [0.5, 0.6) is 0 Å². The van der Waals surface area contributed by atoms with Crippen LogP contribution in [0.2, 0.25) is 0 Å². The van der Waals surface area contributed by atoms with Gasteiger partial charge in [-0.05, 0) is 33.4 Å². The van der Waals surface area contributed by atoms with Crippen LogP contribution in [-0.2, 0) is 14.6 Å². The quantitative estimate of drug-likeness (QED) is 0.523. The van der Waals surface area contributed by atoms with Crippen molar-refractivity contribution in [3.05, 3.63) is 0 Å². The molecule has 0 spiro atoms. The van der Waals surface area contributed by atoms with Crippen molar-refractivity contribution < 1.29 is 13.2 Å². The van der Waals surface area contributed by atoms with E-state index in [1.165, 1.54) is 6.26 Å². The van der Waals surface area contributed by atoms with Gasteiger partial charge in [-0.1, -0.05) is 0 Å². The molecule has 0 amide bonds. The third kappa shape index (κ3) is 13.9. The minimum atomic E-state index is -2.84. The summed E-state index contributed by atoms with van der Waals surface area (Å²) in [5.41, 5.74) is 0. The van der Waals surface area contributed by atoms with E-state index >= 15 is 0 Å². The fourth-order valence-corrected chi connectivity index (χ4v) is 2.07. The Morgan fingerprint density at radius 2 is 1.89 bits per heavy atom. The summed E-state index contributed by atoms with van der Waals surface area (Å²) in [7, 11) is -0.897. The molecule has 0 aromatic rings. The van der Waals surface area contributed by atoms with Crippen molar-refractivity contribution >= 4 is 9.84 Å². The molecule has 0 heterocycles. The Morgan fingerprint density at radius 3 is 2.50 bits per heavy atom. The van der Waals surface area contributed by atoms with Gasteiger partial charge in [-0.2, -0.15) is 0 Å². The van der Waals surface area contributed by atoms with Crippen LogP contribution in [-0.4, -0.2) is 71.8 Å². The Balaban J connectivity index is 3.28. The van der Waals surface area contributed by atoms with Crippen molar-refractivity contribution in [2.75, 3.05) is 58.4 Å². The Labute approximate surface area is 112 Å². The highest BCUT2D eigenvalue weighted by Crippen LogP contribution is 1.89. The van der Waals surface area contributed by atoms with E-state index in [0.717, 1.165) is 45.7 Å². The second kappa shape index (κ2) is 10.7. The zero-order valence-electron chi connectivity index (χ0n) is 11.9. The second-order valence-corrected chi connectivity index (χ2v) is 6.85. The normalized spacial score (nSPS) is 12.2. The SMILES string of the molecule is CCOCCCCNCCN(C)CCS(C)(=O)=O. The number of hydrogen-bond donors (Lipinski definition) is 1. The van der Waals surface area contributed by atoms with Crippen LogP contribution in [0.15, 0.2) is 0 Å². The van der Waals surface area contributed by atoms with Gasteiger partial charge in [0.25, 0.3) is 0 Å². The number of likely N-dealkylation sites (N-methyl/N-ethyl adjacent to an activating group) is 1. The van der Waals surface area contributed by atoms with E-state index in [1.54, 1.807) is 0 Å². The van der Waals surface area contributed by atoms with Gasteiger partial charge < -0.3 is 15.0 Å². The second-order valence-electron chi connectivity index (χ2n) is 4.59. The van der Waals surface area contributed by atoms with Crippen molar-refractivity contribution in [3.63, 3.8) is 0 Å². The van der Waals surface area contributed by atoms with Gasteiger partial charge in [0.2, 0.25) is 0 Å². The van der Waals surface area contributed by atoms with Crippen molar-refractivity contribution in [2.24, 2.45) is 0 Å². The molecule has 0 atom stereocenters. The van der Waals surface area contributed by atoms with Gasteiger partial charge in [0.15, 0.2) is 0 Å². The molecule has 0 aliphatic rings. The highest BCUT2D eigenvalue weighted by molar-refractivity contribution is 7.90. The third-order valence-electron chi connectivity index (χ3n) is 2.61. The molecular weight excluding hydrogens is 252 g/mol. The lowest BCUT2D eigenvalue weighted by molar-refractivity contribution is 0.143. The summed E-state index contributed by atoms with van der Waals surface area (Å²) >= 11 is 0. The summed E-state index contributed by atoms with van der Waals surface area (Å²) in [4.78, 5) is 2.04. The van der Waals surface area contributed by atoms with E-state index in [2.05, 4.69) is 5.32 Å². The molecule has 0 fully saturated rings. The van der Waals surface area contributed by atoms with Gasteiger partial charge in [-0.15, -0.1) is 0 Å². The molecule has 0 unspecified atom stereocenters. The molecule has 110 valence electrons. The lowest BCUT2D eigenvalue weighted by Gasteiger charge is -2.16. The first kappa shape index (κ1) is 17.8. The number of rotatable bonds is 12. The van der Waals surface area contributed by atoms with Crippen LogP contribution in [0, 0.1) is 0 Å². The standard InChI is InChI=1S/C12H28N2O3S/c1-4-17-11-6-5-7-13-8-9-14(2)10-12-18(3,15)16/h13H,4-12H2,1-3H3. The molecule has 0 saturated heterocycles. The Bertz CT molecular complexity index is 281. The average molecular weight is 280 g/mol. The average Bonchev–Trinajstić information content (AvgIpc) is 2.29. The molecule has 0 saturated carbocycles. The van der Waals surface area contributed by atoms with Gasteiger partial charge in [-0.25, -0.2) is 8.42 Å². The number of ether oxygens (including phenoxy) is 1. The van der Waals surface area contributed by atoms with E-state index < -0.39 is 9.84 Å². The molecule has 0 radical (unpaired) electrons. The van der Waals surface area contributed by atoms with Crippen LogP contribution in [0.4, 0.5) is 0 Å². The van der Waals surface area contributed by atoms with Crippen molar-refractivity contribution in [2.45, 2.75) is 19.8 Å². The number of nitrogens with one attached hydrogen (secondary N) is 1. The van der Waals surface area contributed by atoms with Crippen LogP contribution < -0.4 is 5.32 Å². The molecule has 5 nitrogen and oxygen atoms in total. The largest absolute Gasteiger partial charge is 0.382 e. The van der Waals surface area contributed by atoms with E-state index in [1.807, 2.05) is 18.9 Å². The maximum atomic E-state index is 11.0. The first-order valence-corrected chi connectivity index (χ1v) is 8.66. The first-order chi connectivity index (χ1) is 8.45. The van der Waals surface area contributed by atoms with Gasteiger partial charge in [0.1, 0.15) is 9.84 Å². The van der Waals surface area contributed by atoms with E-state index in [-0.39, 0.29) is 5.75 Å². The van der Waals surface area contributed by atoms with Crippen molar-refractivity contribution in [3.8, 4) is 0 Å². The molecule has 18 heavy (non-hydrogen) atoms. The molecule has 1 N–H and O–H groups in total. The lowest BCUT2D eigenvalue weighted by atomic mass is 10.3. The summed E-state index contributed by atoms with van der Waals surface area (Å²) in [6, 6.07) is 0. The van der Waals surface area contributed by atoms with Crippen molar-refractivity contribution in [1.82, 2.24) is 10.2 Å². The molecule has 0 rings (SSSR count). The Morgan fingerprint density at radius 1 is 1.17 bits per heavy atom. The van der Waals surface area contributed by atoms with E-state index in [4.69, 9.17) is 4.74 Å². The Hall–Kier alpha value is -0.170. The monoisotopic (exact) mass is 280 g/mol. The van der Waals surface area contributed by atoms with Crippen LogP contribution in [0.3, 0.4) is 0 Å². The highest BCUT2D eigenvalue weighted by atomic mass is 32.2. The fourth-order valence-electron chi connectivity index (χ4n) is 1.43. The van der Waals surface area contributed by atoms with Gasteiger partial charge in [0, 0.05) is 39.1 Å². The Kier molecular flexibility index (Phi) is 10.6. The summed E-state index contributed by atoms with van der Waals surface area (Å²) in [5.74, 6) is 0.234. The third-order valence-corrected chi connectivity index (χ3v) is 3.53. The number of sulfone groups is 1. The predicted molar refractivity (Wildman–Crippen MR) is 75.8 cm³/mol. The summed E-state index contributed by atoms with van der Waals surface area (Å²) in [6.45, 7) is 7.00. The van der Waals surface area contributed by atoms with Crippen LogP contribution in [0.1, 0.15) is 19.8 Å². The first-order valence-electron chi connectivity index (χ1n) is 6.60. The summed E-state index contributed by atoms with van der Waals surface area (Å²) in [6.07, 6.45) is 3.48. The summed E-state index contributed by atoms with van der Waals surface area (Å²) < 4.78 is 27.2. The smallest absolute Gasteiger partial charge is 0.148 e. The van der Waals surface area contributed by atoms with Gasteiger partial charge >= 0.3 is 0 Å². The molecule has 0 aromatic carbocycles. The minimum Gasteiger partial charge on any atom is -0.382 e. The lowest BCUT2D eigenvalue weighted by Crippen LogP contribution is -2.32. The van der Waals surface area contributed by atoms with Gasteiger partial charge in [-0.3, -0.25) is 0 Å². The fraction of sp³-hybridized carbons (Fsp3) is 1.00. The topological polar surface area (TPSA) is 58.6 Å². The molecular formula is C12H28N2O3S. The number of hydrogen-bond acceptors (Lipinski definition) is 5. The van der Waals surface area contributed by atoms with E-state index in [9.17, 15) is 8.42 Å². The number of nitrogens with zero attached hydrogens (tertiary/aromatic N) is 1. The molecule has 0 aliphatic heterocycles. The van der Waals surface area contributed by atoms with Crippen molar-refractivity contribution in [1.29, 1.82) is 0 Å².